The van der Waals surface area contributed by atoms with E-state index < -0.39 is 6.10 Å². The predicted molar refractivity (Wildman–Crippen MR) is 96.1 cm³/mol. The van der Waals surface area contributed by atoms with E-state index in [0.29, 0.717) is 6.54 Å². The van der Waals surface area contributed by atoms with Gasteiger partial charge in [-0.15, -0.1) is 0 Å². The van der Waals surface area contributed by atoms with Crippen LogP contribution in [0, 0.1) is 0 Å². The molecule has 0 bridgehead atoms. The zero-order valence-electron chi connectivity index (χ0n) is 13.5. The summed E-state index contributed by atoms with van der Waals surface area (Å²) in [5.41, 5.74) is 1.26. The quantitative estimate of drug-likeness (QED) is 0.799. The lowest BCUT2D eigenvalue weighted by atomic mass is 10.1. The molecule has 3 heteroatoms. The van der Waals surface area contributed by atoms with E-state index >= 15 is 0 Å². The smallest absolute Gasteiger partial charge is 0.138 e. The van der Waals surface area contributed by atoms with Crippen molar-refractivity contribution in [2.45, 2.75) is 18.8 Å². The fourth-order valence-electron chi connectivity index (χ4n) is 3.38. The van der Waals surface area contributed by atoms with Crippen molar-refractivity contribution in [3.8, 4) is 5.75 Å². The molecule has 0 aliphatic carbocycles. The lowest BCUT2D eigenvalue weighted by Crippen LogP contribution is -2.30. The first-order valence-electron chi connectivity index (χ1n) is 8.38. The van der Waals surface area contributed by atoms with E-state index in [2.05, 4.69) is 35.2 Å². The van der Waals surface area contributed by atoms with Gasteiger partial charge in [-0.2, -0.15) is 0 Å². The molecule has 1 fully saturated rings. The molecule has 0 saturated carbocycles. The molecule has 1 aliphatic heterocycles. The molecule has 3 aromatic rings. The first-order valence-corrected chi connectivity index (χ1v) is 8.38. The minimum absolute atomic E-state index is 0.195. The van der Waals surface area contributed by atoms with Gasteiger partial charge in [-0.3, -0.25) is 4.90 Å². The lowest BCUT2D eigenvalue weighted by molar-refractivity contribution is 0.0747. The van der Waals surface area contributed by atoms with Gasteiger partial charge in [-0.25, -0.2) is 0 Å². The summed E-state index contributed by atoms with van der Waals surface area (Å²) in [7, 11) is 0. The zero-order valence-corrected chi connectivity index (χ0v) is 13.5. The maximum atomic E-state index is 10.4. The van der Waals surface area contributed by atoms with Crippen molar-refractivity contribution >= 4 is 10.8 Å². The molecule has 0 aromatic heterocycles. The number of aliphatic hydroxyl groups is 1. The number of ether oxygens (including phenoxy) is 1. The van der Waals surface area contributed by atoms with Gasteiger partial charge in [0.2, 0.25) is 0 Å². The van der Waals surface area contributed by atoms with Crippen LogP contribution in [0.1, 0.15) is 5.56 Å². The third-order valence-electron chi connectivity index (χ3n) is 4.59. The van der Waals surface area contributed by atoms with E-state index in [9.17, 15) is 5.11 Å². The number of likely N-dealkylation sites (tertiary alicyclic amines) is 1. The van der Waals surface area contributed by atoms with Gasteiger partial charge in [0.05, 0.1) is 0 Å². The average molecular weight is 319 g/mol. The number of fused-ring (bicyclic) bond motifs is 1. The van der Waals surface area contributed by atoms with Gasteiger partial charge >= 0.3 is 0 Å². The van der Waals surface area contributed by atoms with Gasteiger partial charge in [-0.1, -0.05) is 66.7 Å². The van der Waals surface area contributed by atoms with E-state index in [1.54, 1.807) is 0 Å². The molecule has 3 nitrogen and oxygen atoms in total. The molecule has 1 heterocycles. The molecule has 0 unspecified atom stereocenters. The SMILES string of the molecule is O[C@H]1CN(Cc2ccccc2)C[C@@H]1Oc1cccc2ccccc12. The summed E-state index contributed by atoms with van der Waals surface area (Å²) in [6, 6.07) is 24.6. The molecule has 1 aliphatic rings. The second kappa shape index (κ2) is 6.63. The van der Waals surface area contributed by atoms with E-state index in [1.165, 1.54) is 5.56 Å². The van der Waals surface area contributed by atoms with Crippen LogP contribution in [0.5, 0.6) is 5.75 Å². The minimum atomic E-state index is -0.465. The highest BCUT2D eigenvalue weighted by atomic mass is 16.5. The number of benzene rings is 3. The van der Waals surface area contributed by atoms with E-state index in [1.807, 2.05) is 42.5 Å². The monoisotopic (exact) mass is 319 g/mol. The first kappa shape index (κ1) is 15.2. The van der Waals surface area contributed by atoms with E-state index in [0.717, 1.165) is 29.6 Å². The summed E-state index contributed by atoms with van der Waals surface area (Å²) in [5, 5.41) is 12.7. The second-order valence-electron chi connectivity index (χ2n) is 6.38. The molecule has 2 atom stereocenters. The Morgan fingerprint density at radius 3 is 2.50 bits per heavy atom. The van der Waals surface area contributed by atoms with Crippen LogP contribution in [0.25, 0.3) is 10.8 Å². The number of β-amino-alcohol motifs (C(OH)–C–C–N with tert-alkyl or cyclic N) is 1. The summed E-state index contributed by atoms with van der Waals surface area (Å²) in [6.45, 7) is 2.22. The summed E-state index contributed by atoms with van der Waals surface area (Å²) in [6.07, 6.45) is -0.660. The van der Waals surface area contributed by atoms with Crippen molar-refractivity contribution in [1.82, 2.24) is 4.90 Å². The maximum Gasteiger partial charge on any atom is 0.138 e. The number of hydrogen-bond acceptors (Lipinski definition) is 3. The highest BCUT2D eigenvalue weighted by molar-refractivity contribution is 5.88. The highest BCUT2D eigenvalue weighted by Crippen LogP contribution is 2.28. The summed E-state index contributed by atoms with van der Waals surface area (Å²) in [5.74, 6) is 0.846. The Kier molecular flexibility index (Phi) is 4.20. The van der Waals surface area contributed by atoms with Gasteiger partial charge in [0.1, 0.15) is 18.0 Å². The standard InChI is InChI=1S/C21H21NO2/c23-19-14-22(13-16-7-2-1-3-8-16)15-21(19)24-20-12-6-10-17-9-4-5-11-18(17)20/h1-12,19,21,23H,13-15H2/t19-,21-/m0/s1. The molecule has 0 radical (unpaired) electrons. The molecule has 4 rings (SSSR count). The Balaban J connectivity index is 1.48. The fraction of sp³-hybridized carbons (Fsp3) is 0.238. The van der Waals surface area contributed by atoms with Crippen LogP contribution in [0.15, 0.2) is 72.8 Å². The first-order chi connectivity index (χ1) is 11.8. The van der Waals surface area contributed by atoms with Crippen molar-refractivity contribution in [2.24, 2.45) is 0 Å². The molecule has 3 aromatic carbocycles. The molecule has 1 saturated heterocycles. The van der Waals surface area contributed by atoms with Gasteiger partial charge in [-0.05, 0) is 17.0 Å². The Bertz CT molecular complexity index is 813. The third-order valence-corrected chi connectivity index (χ3v) is 4.59. The Hall–Kier alpha value is -2.36. The van der Waals surface area contributed by atoms with Crippen molar-refractivity contribution in [2.75, 3.05) is 13.1 Å². The van der Waals surface area contributed by atoms with E-state index in [-0.39, 0.29) is 6.10 Å². The van der Waals surface area contributed by atoms with Gasteiger partial charge in [0.15, 0.2) is 0 Å². The maximum absolute atomic E-state index is 10.4. The van der Waals surface area contributed by atoms with Crippen LogP contribution in [0.3, 0.4) is 0 Å². The summed E-state index contributed by atoms with van der Waals surface area (Å²) < 4.78 is 6.18. The largest absolute Gasteiger partial charge is 0.486 e. The molecular formula is C21H21NO2. The molecule has 0 spiro atoms. The van der Waals surface area contributed by atoms with Crippen molar-refractivity contribution in [3.05, 3.63) is 78.4 Å². The average Bonchev–Trinajstić information content (AvgIpc) is 2.95. The van der Waals surface area contributed by atoms with Crippen LogP contribution in [-0.2, 0) is 6.54 Å². The summed E-state index contributed by atoms with van der Waals surface area (Å²) >= 11 is 0. The molecule has 122 valence electrons. The van der Waals surface area contributed by atoms with Gasteiger partial charge in [0, 0.05) is 25.0 Å². The summed E-state index contributed by atoms with van der Waals surface area (Å²) in [4.78, 5) is 2.25. The van der Waals surface area contributed by atoms with Gasteiger partial charge in [0.25, 0.3) is 0 Å². The van der Waals surface area contributed by atoms with Gasteiger partial charge < -0.3 is 9.84 Å². The highest BCUT2D eigenvalue weighted by Gasteiger charge is 2.33. The minimum Gasteiger partial charge on any atom is -0.486 e. The van der Waals surface area contributed by atoms with Crippen LogP contribution >= 0.6 is 0 Å². The normalized spacial score (nSPS) is 21.2. The number of aliphatic hydroxyl groups excluding tert-OH is 1. The zero-order chi connectivity index (χ0) is 16.4. The topological polar surface area (TPSA) is 32.7 Å². The van der Waals surface area contributed by atoms with Crippen LogP contribution in [-0.4, -0.2) is 35.3 Å². The lowest BCUT2D eigenvalue weighted by Gasteiger charge is -2.18. The van der Waals surface area contributed by atoms with Crippen LogP contribution in [0.4, 0.5) is 0 Å². The van der Waals surface area contributed by atoms with Crippen molar-refractivity contribution in [1.29, 1.82) is 0 Å². The Morgan fingerprint density at radius 2 is 1.62 bits per heavy atom. The number of hydrogen-bond donors (Lipinski definition) is 1. The van der Waals surface area contributed by atoms with E-state index in [4.69, 9.17) is 4.74 Å². The fourth-order valence-corrected chi connectivity index (χ4v) is 3.38. The Labute approximate surface area is 142 Å². The van der Waals surface area contributed by atoms with Crippen molar-refractivity contribution < 1.29 is 9.84 Å². The van der Waals surface area contributed by atoms with Crippen LogP contribution in [0.2, 0.25) is 0 Å². The molecule has 24 heavy (non-hydrogen) atoms. The molecule has 0 amide bonds. The number of nitrogens with zero attached hydrogens (tertiary/aromatic N) is 1. The second-order valence-corrected chi connectivity index (χ2v) is 6.38. The Morgan fingerprint density at radius 1 is 0.875 bits per heavy atom. The molecular weight excluding hydrogens is 298 g/mol. The third kappa shape index (κ3) is 3.14. The van der Waals surface area contributed by atoms with Crippen molar-refractivity contribution in [3.63, 3.8) is 0 Å². The molecule has 1 N–H and O–H groups in total. The number of rotatable bonds is 4. The van der Waals surface area contributed by atoms with Crippen LogP contribution < -0.4 is 4.74 Å². The predicted octanol–water partition coefficient (Wildman–Crippen LogP) is 3.46.